The topological polar surface area (TPSA) is 44.1 Å². The van der Waals surface area contributed by atoms with E-state index in [9.17, 15) is 4.79 Å². The molecular weight excluding hydrogens is 168 g/mol. The van der Waals surface area contributed by atoms with Crippen molar-refractivity contribution in [1.82, 2.24) is 9.78 Å². The third-order valence-electron chi connectivity index (χ3n) is 1.73. The Bertz CT molecular complexity index is 294. The van der Waals surface area contributed by atoms with E-state index >= 15 is 0 Å². The van der Waals surface area contributed by atoms with Crippen molar-refractivity contribution in [3.8, 4) is 0 Å². The Morgan fingerprint density at radius 3 is 2.85 bits per heavy atom. The smallest absolute Gasteiger partial charge is 0.163 e. The second-order valence-electron chi connectivity index (χ2n) is 2.89. The Balaban J connectivity index is 2.81. The number of Topliss-reactive ketones (excluding diaryl/α,β-unsaturated/α-hetero) is 1. The van der Waals surface area contributed by atoms with E-state index in [1.807, 2.05) is 14.0 Å². The fraction of sp³-hybridized carbons (Fsp3) is 0.556. The molecule has 0 aliphatic heterocycles. The molecule has 72 valence electrons. The third-order valence-corrected chi connectivity index (χ3v) is 1.73. The summed E-state index contributed by atoms with van der Waals surface area (Å²) in [6.45, 7) is 3.92. The molecule has 1 rings (SSSR count). The average molecular weight is 182 g/mol. The van der Waals surface area contributed by atoms with E-state index in [-0.39, 0.29) is 5.78 Å². The molecular formula is C9H14N2O2. The molecule has 0 bridgehead atoms. The molecule has 13 heavy (non-hydrogen) atoms. The molecule has 0 aromatic carbocycles. The van der Waals surface area contributed by atoms with Crippen molar-refractivity contribution in [3.05, 3.63) is 18.0 Å². The zero-order chi connectivity index (χ0) is 9.84. The summed E-state index contributed by atoms with van der Waals surface area (Å²) in [5, 5.41) is 3.99. The summed E-state index contributed by atoms with van der Waals surface area (Å²) < 4.78 is 6.96. The van der Waals surface area contributed by atoms with Gasteiger partial charge < -0.3 is 4.74 Å². The predicted octanol–water partition coefficient (Wildman–Crippen LogP) is 1.09. The summed E-state index contributed by atoms with van der Waals surface area (Å²) in [5.41, 5.74) is 0.817. The van der Waals surface area contributed by atoms with Crippen molar-refractivity contribution in [3.63, 3.8) is 0 Å². The summed E-state index contributed by atoms with van der Waals surface area (Å²) in [5.74, 6) is 0.00912. The zero-order valence-corrected chi connectivity index (χ0v) is 8.15. The van der Waals surface area contributed by atoms with E-state index in [0.717, 1.165) is 5.56 Å². The minimum atomic E-state index is -0.460. The second kappa shape index (κ2) is 4.18. The minimum Gasteiger partial charge on any atom is -0.366 e. The van der Waals surface area contributed by atoms with Crippen molar-refractivity contribution in [2.24, 2.45) is 7.05 Å². The standard InChI is InChI=1S/C9H14N2O2/c1-4-13-9(7(2)12)8-5-10-11(3)6-8/h5-6,9H,4H2,1-3H3. The van der Waals surface area contributed by atoms with Gasteiger partial charge in [0.2, 0.25) is 0 Å². The number of hydrogen-bond donors (Lipinski definition) is 0. The first-order valence-corrected chi connectivity index (χ1v) is 4.25. The first-order valence-electron chi connectivity index (χ1n) is 4.25. The molecule has 4 nitrogen and oxygen atoms in total. The van der Waals surface area contributed by atoms with Crippen LogP contribution < -0.4 is 0 Å². The largest absolute Gasteiger partial charge is 0.366 e. The van der Waals surface area contributed by atoms with E-state index in [2.05, 4.69) is 5.10 Å². The van der Waals surface area contributed by atoms with Gasteiger partial charge in [0.15, 0.2) is 5.78 Å². The summed E-state index contributed by atoms with van der Waals surface area (Å²) in [6, 6.07) is 0. The third kappa shape index (κ3) is 2.39. The van der Waals surface area contributed by atoms with Crippen LogP contribution in [-0.4, -0.2) is 22.2 Å². The van der Waals surface area contributed by atoms with Crippen LogP contribution in [0.25, 0.3) is 0 Å². The van der Waals surface area contributed by atoms with Gasteiger partial charge in [0.1, 0.15) is 6.10 Å². The molecule has 0 amide bonds. The first kappa shape index (κ1) is 9.92. The molecule has 0 radical (unpaired) electrons. The van der Waals surface area contributed by atoms with Gasteiger partial charge in [0.25, 0.3) is 0 Å². The maximum atomic E-state index is 11.2. The normalized spacial score (nSPS) is 12.8. The van der Waals surface area contributed by atoms with Crippen LogP contribution in [-0.2, 0) is 16.6 Å². The Kier molecular flexibility index (Phi) is 3.19. The number of rotatable bonds is 4. The van der Waals surface area contributed by atoms with Crippen molar-refractivity contribution < 1.29 is 9.53 Å². The molecule has 0 aliphatic rings. The molecule has 0 saturated carbocycles. The molecule has 1 atom stereocenters. The Hall–Kier alpha value is -1.16. The van der Waals surface area contributed by atoms with Crippen molar-refractivity contribution >= 4 is 5.78 Å². The number of carbonyl (C=O) groups excluding carboxylic acids is 1. The lowest BCUT2D eigenvalue weighted by Crippen LogP contribution is -2.12. The van der Waals surface area contributed by atoms with Gasteiger partial charge in [-0.2, -0.15) is 5.10 Å². The molecule has 4 heteroatoms. The number of aromatic nitrogens is 2. The fourth-order valence-corrected chi connectivity index (χ4v) is 1.19. The summed E-state index contributed by atoms with van der Waals surface area (Å²) in [4.78, 5) is 11.2. The summed E-state index contributed by atoms with van der Waals surface area (Å²) in [6.07, 6.45) is 2.99. The SMILES string of the molecule is CCOC(C(C)=O)c1cnn(C)c1. The predicted molar refractivity (Wildman–Crippen MR) is 48.3 cm³/mol. The van der Waals surface area contributed by atoms with Crippen LogP contribution in [0.3, 0.4) is 0 Å². The number of aryl methyl sites for hydroxylation is 1. The van der Waals surface area contributed by atoms with E-state index in [0.29, 0.717) is 6.61 Å². The van der Waals surface area contributed by atoms with Crippen LogP contribution >= 0.6 is 0 Å². The van der Waals surface area contributed by atoms with E-state index in [4.69, 9.17) is 4.74 Å². The van der Waals surface area contributed by atoms with E-state index in [1.54, 1.807) is 17.1 Å². The molecule has 1 heterocycles. The number of carbonyl (C=O) groups is 1. The minimum absolute atomic E-state index is 0.00912. The highest BCUT2D eigenvalue weighted by molar-refractivity contribution is 5.81. The zero-order valence-electron chi connectivity index (χ0n) is 8.15. The molecule has 0 N–H and O–H groups in total. The van der Waals surface area contributed by atoms with Crippen LogP contribution in [0.5, 0.6) is 0 Å². The monoisotopic (exact) mass is 182 g/mol. The molecule has 1 aromatic rings. The highest BCUT2D eigenvalue weighted by atomic mass is 16.5. The Morgan fingerprint density at radius 2 is 2.46 bits per heavy atom. The molecule has 0 spiro atoms. The van der Waals surface area contributed by atoms with Gasteiger partial charge in [0, 0.05) is 25.4 Å². The maximum absolute atomic E-state index is 11.2. The lowest BCUT2D eigenvalue weighted by Gasteiger charge is -2.10. The van der Waals surface area contributed by atoms with Gasteiger partial charge in [-0.15, -0.1) is 0 Å². The van der Waals surface area contributed by atoms with Crippen LogP contribution in [0.1, 0.15) is 25.5 Å². The average Bonchev–Trinajstić information content (AvgIpc) is 2.46. The number of hydrogen-bond acceptors (Lipinski definition) is 3. The second-order valence-corrected chi connectivity index (χ2v) is 2.89. The number of ether oxygens (including phenoxy) is 1. The van der Waals surface area contributed by atoms with Gasteiger partial charge in [0.05, 0.1) is 6.20 Å². The van der Waals surface area contributed by atoms with Gasteiger partial charge in [-0.1, -0.05) is 0 Å². The summed E-state index contributed by atoms with van der Waals surface area (Å²) >= 11 is 0. The molecule has 0 aliphatic carbocycles. The van der Waals surface area contributed by atoms with Crippen molar-refractivity contribution in [2.45, 2.75) is 20.0 Å². The maximum Gasteiger partial charge on any atom is 0.163 e. The number of ketones is 1. The van der Waals surface area contributed by atoms with Gasteiger partial charge in [-0.3, -0.25) is 9.48 Å². The van der Waals surface area contributed by atoms with Gasteiger partial charge in [-0.25, -0.2) is 0 Å². The van der Waals surface area contributed by atoms with Crippen LogP contribution in [0.2, 0.25) is 0 Å². The first-order chi connectivity index (χ1) is 6.15. The quantitative estimate of drug-likeness (QED) is 0.700. The van der Waals surface area contributed by atoms with Crippen LogP contribution in [0.4, 0.5) is 0 Å². The van der Waals surface area contributed by atoms with Gasteiger partial charge in [-0.05, 0) is 13.8 Å². The van der Waals surface area contributed by atoms with E-state index in [1.165, 1.54) is 6.92 Å². The lowest BCUT2D eigenvalue weighted by atomic mass is 10.1. The van der Waals surface area contributed by atoms with Crippen LogP contribution in [0.15, 0.2) is 12.4 Å². The van der Waals surface area contributed by atoms with Gasteiger partial charge >= 0.3 is 0 Å². The Morgan fingerprint density at radius 1 is 1.77 bits per heavy atom. The van der Waals surface area contributed by atoms with Crippen molar-refractivity contribution in [2.75, 3.05) is 6.61 Å². The van der Waals surface area contributed by atoms with Crippen LogP contribution in [0, 0.1) is 0 Å². The highest BCUT2D eigenvalue weighted by Crippen LogP contribution is 2.16. The van der Waals surface area contributed by atoms with Crippen molar-refractivity contribution in [1.29, 1.82) is 0 Å². The molecule has 0 saturated heterocycles. The molecule has 1 unspecified atom stereocenters. The lowest BCUT2D eigenvalue weighted by molar-refractivity contribution is -0.128. The molecule has 1 aromatic heterocycles. The number of nitrogens with zero attached hydrogens (tertiary/aromatic N) is 2. The highest BCUT2D eigenvalue weighted by Gasteiger charge is 2.17. The molecule has 0 fully saturated rings. The summed E-state index contributed by atoms with van der Waals surface area (Å²) in [7, 11) is 1.81. The Labute approximate surface area is 77.5 Å². The fourth-order valence-electron chi connectivity index (χ4n) is 1.19. The van der Waals surface area contributed by atoms with E-state index < -0.39 is 6.10 Å².